The van der Waals surface area contributed by atoms with Gasteiger partial charge in [0.05, 0.1) is 13.2 Å². The molecule has 0 saturated heterocycles. The topological polar surface area (TPSA) is 140 Å². The molecule has 2 aliphatic rings. The van der Waals surface area contributed by atoms with Crippen molar-refractivity contribution in [1.29, 1.82) is 0 Å². The lowest BCUT2D eigenvalue weighted by Crippen LogP contribution is -2.12. The molecule has 2 unspecified atom stereocenters. The number of carbonyl (C=O) groups excluding carboxylic acids is 1. The number of phenolic OH excluding ortho intramolecular Hbond substituents is 1. The largest absolute Gasteiger partial charge is 0.504 e. The lowest BCUT2D eigenvalue weighted by atomic mass is 9.99. The molecule has 0 saturated carbocycles. The highest BCUT2D eigenvalue weighted by Gasteiger charge is 2.23. The second kappa shape index (κ2) is 9.00. The summed E-state index contributed by atoms with van der Waals surface area (Å²) in [6.45, 7) is 0. The molecule has 2 aromatic carbocycles. The van der Waals surface area contributed by atoms with Crippen LogP contribution in [0.4, 0.5) is 0 Å². The zero-order chi connectivity index (χ0) is 21.9. The molecule has 0 radical (unpaired) electrons. The molecule has 0 fully saturated rings. The van der Waals surface area contributed by atoms with E-state index in [1.54, 1.807) is 0 Å². The Labute approximate surface area is 173 Å². The highest BCUT2D eigenvalue weighted by molar-refractivity contribution is 7.80. The fourth-order valence-corrected chi connectivity index (χ4v) is 3.75. The summed E-state index contributed by atoms with van der Waals surface area (Å²) >= 11 is 0. The van der Waals surface area contributed by atoms with Gasteiger partial charge >= 0.3 is 10.4 Å². The van der Waals surface area contributed by atoms with Crippen LogP contribution in [0.15, 0.2) is 36.4 Å². The first-order valence-electron chi connectivity index (χ1n) is 9.20. The van der Waals surface area contributed by atoms with E-state index < -0.39 is 22.6 Å². The highest BCUT2D eigenvalue weighted by Crippen LogP contribution is 2.40. The molecule has 30 heavy (non-hydrogen) atoms. The third kappa shape index (κ3) is 5.48. The number of ketones is 1. The minimum absolute atomic E-state index is 0.0469. The van der Waals surface area contributed by atoms with Crippen molar-refractivity contribution in [2.24, 2.45) is 0 Å². The normalized spacial score (nSPS) is 20.2. The molecule has 2 atom stereocenters. The Morgan fingerprint density at radius 3 is 2.53 bits per heavy atom. The summed E-state index contributed by atoms with van der Waals surface area (Å²) in [4.78, 5) is 12.2. The molecule has 0 spiro atoms. The summed E-state index contributed by atoms with van der Waals surface area (Å²) < 4.78 is 47.5. The molecule has 4 bridgehead atoms. The quantitative estimate of drug-likeness (QED) is 0.616. The van der Waals surface area contributed by atoms with Gasteiger partial charge in [-0.2, -0.15) is 8.42 Å². The van der Waals surface area contributed by atoms with E-state index in [0.717, 1.165) is 0 Å². The van der Waals surface area contributed by atoms with Crippen molar-refractivity contribution in [1.82, 2.24) is 0 Å². The van der Waals surface area contributed by atoms with Crippen molar-refractivity contribution in [3.8, 4) is 23.0 Å². The van der Waals surface area contributed by atoms with Crippen molar-refractivity contribution >= 4 is 16.2 Å². The number of carbonyl (C=O) groups is 1. The van der Waals surface area contributed by atoms with Gasteiger partial charge in [-0.25, -0.2) is 4.18 Å². The zero-order valence-electron chi connectivity index (χ0n) is 16.1. The SMILES string of the molecule is COc1cc2ccc1Oc1cc(ccc1O)C(O)CC(=O)CCCC2OS(=O)(=O)O. The predicted octanol–water partition coefficient (Wildman–Crippen LogP) is 3.23. The highest BCUT2D eigenvalue weighted by atomic mass is 32.3. The maximum atomic E-state index is 12.2. The van der Waals surface area contributed by atoms with Gasteiger partial charge in [-0.3, -0.25) is 9.35 Å². The first kappa shape index (κ1) is 22.0. The molecular weight excluding hydrogens is 416 g/mol. The number of Topliss-reactive ketones (excluding diaryl/α,β-unsaturated/α-hetero) is 1. The maximum absolute atomic E-state index is 12.2. The number of phenols is 1. The van der Waals surface area contributed by atoms with Gasteiger partial charge in [-0.1, -0.05) is 12.1 Å². The van der Waals surface area contributed by atoms with Gasteiger partial charge < -0.3 is 19.7 Å². The molecule has 2 heterocycles. The van der Waals surface area contributed by atoms with Crippen LogP contribution in [0.25, 0.3) is 0 Å². The van der Waals surface area contributed by atoms with E-state index in [9.17, 15) is 23.4 Å². The van der Waals surface area contributed by atoms with Crippen molar-refractivity contribution in [3.05, 3.63) is 47.5 Å². The van der Waals surface area contributed by atoms with Crippen molar-refractivity contribution in [2.75, 3.05) is 7.11 Å². The average Bonchev–Trinajstić information content (AvgIpc) is 2.67. The summed E-state index contributed by atoms with van der Waals surface area (Å²) in [5.74, 6) is 0.0873. The Bertz CT molecular complexity index is 1030. The minimum Gasteiger partial charge on any atom is -0.504 e. The third-order valence-corrected chi connectivity index (χ3v) is 5.20. The molecule has 9 nitrogen and oxygen atoms in total. The number of fused-ring (bicyclic) bond motifs is 8. The number of aromatic hydroxyl groups is 1. The molecule has 2 aromatic rings. The molecule has 0 aliphatic carbocycles. The molecular formula is C20H22O9S. The molecule has 0 amide bonds. The first-order valence-corrected chi connectivity index (χ1v) is 10.6. The second-order valence-corrected chi connectivity index (χ2v) is 7.95. The number of aliphatic hydroxyl groups is 1. The number of hydrogen-bond acceptors (Lipinski definition) is 8. The number of aliphatic hydroxyl groups excluding tert-OH is 1. The van der Waals surface area contributed by atoms with Gasteiger partial charge in [0.2, 0.25) is 0 Å². The number of hydrogen-bond donors (Lipinski definition) is 3. The lowest BCUT2D eigenvalue weighted by Gasteiger charge is -2.18. The lowest BCUT2D eigenvalue weighted by molar-refractivity contribution is -0.121. The Morgan fingerprint density at radius 1 is 1.10 bits per heavy atom. The molecule has 10 heteroatoms. The van der Waals surface area contributed by atoms with E-state index in [2.05, 4.69) is 0 Å². The Kier molecular flexibility index (Phi) is 6.61. The van der Waals surface area contributed by atoms with Crippen LogP contribution in [0.1, 0.15) is 49.0 Å². The van der Waals surface area contributed by atoms with Gasteiger partial charge in [0.15, 0.2) is 23.0 Å². The van der Waals surface area contributed by atoms with Gasteiger partial charge in [0, 0.05) is 12.8 Å². The number of rotatable bonds is 3. The summed E-state index contributed by atoms with van der Waals surface area (Å²) in [5, 5.41) is 20.5. The van der Waals surface area contributed by atoms with Gasteiger partial charge in [0.1, 0.15) is 11.9 Å². The van der Waals surface area contributed by atoms with Gasteiger partial charge in [0.25, 0.3) is 0 Å². The van der Waals surface area contributed by atoms with Crippen LogP contribution in [0.3, 0.4) is 0 Å². The summed E-state index contributed by atoms with van der Waals surface area (Å²) in [6, 6.07) is 8.81. The smallest absolute Gasteiger partial charge is 0.397 e. The summed E-state index contributed by atoms with van der Waals surface area (Å²) in [5.41, 5.74) is 0.784. The molecule has 2 aliphatic heterocycles. The first-order chi connectivity index (χ1) is 14.2. The Balaban J connectivity index is 2.06. The van der Waals surface area contributed by atoms with E-state index in [0.29, 0.717) is 11.1 Å². The van der Waals surface area contributed by atoms with Crippen LogP contribution in [-0.2, 0) is 19.4 Å². The number of ether oxygens (including phenoxy) is 2. The number of benzene rings is 2. The fourth-order valence-electron chi connectivity index (χ4n) is 3.24. The number of methoxy groups -OCH3 is 1. The van der Waals surface area contributed by atoms with Crippen LogP contribution in [0, 0.1) is 0 Å². The van der Waals surface area contributed by atoms with Gasteiger partial charge in [-0.15, -0.1) is 0 Å². The average molecular weight is 438 g/mol. The molecule has 162 valence electrons. The standard InChI is InChI=1S/C20H22O9S/c1-27-20-10-13-6-8-18(20)28-19-9-12(5-7-15(19)22)16(23)11-14(21)3-2-4-17(13)29-30(24,25)26/h5-10,16-17,22-23H,2-4,11H2,1H3,(H,24,25,26). The zero-order valence-corrected chi connectivity index (χ0v) is 17.0. The van der Waals surface area contributed by atoms with Crippen molar-refractivity contribution in [2.45, 2.75) is 37.9 Å². The van der Waals surface area contributed by atoms with Crippen molar-refractivity contribution < 1.29 is 41.6 Å². The monoisotopic (exact) mass is 438 g/mol. The van der Waals surface area contributed by atoms with E-state index in [1.165, 1.54) is 43.5 Å². The molecule has 0 aromatic heterocycles. The van der Waals surface area contributed by atoms with E-state index in [-0.39, 0.29) is 54.5 Å². The Hall–Kier alpha value is -2.66. The fraction of sp³-hybridized carbons (Fsp3) is 0.350. The van der Waals surface area contributed by atoms with Crippen molar-refractivity contribution in [3.63, 3.8) is 0 Å². The van der Waals surface area contributed by atoms with Crippen LogP contribution in [-0.4, -0.2) is 36.1 Å². The van der Waals surface area contributed by atoms with E-state index in [4.69, 9.17) is 18.2 Å². The maximum Gasteiger partial charge on any atom is 0.397 e. The molecule has 4 rings (SSSR count). The third-order valence-electron chi connectivity index (χ3n) is 4.73. The van der Waals surface area contributed by atoms with Crippen LogP contribution in [0.2, 0.25) is 0 Å². The van der Waals surface area contributed by atoms with Crippen LogP contribution >= 0.6 is 0 Å². The van der Waals surface area contributed by atoms with Gasteiger partial charge in [-0.05, 0) is 48.2 Å². The predicted molar refractivity (Wildman–Crippen MR) is 105 cm³/mol. The van der Waals surface area contributed by atoms with Crippen LogP contribution < -0.4 is 9.47 Å². The summed E-state index contributed by atoms with van der Waals surface area (Å²) in [6.07, 6.45) is -1.83. The minimum atomic E-state index is -4.74. The molecule has 3 N–H and O–H groups in total. The van der Waals surface area contributed by atoms with E-state index >= 15 is 0 Å². The second-order valence-electron chi connectivity index (χ2n) is 6.90. The Morgan fingerprint density at radius 2 is 1.83 bits per heavy atom. The van der Waals surface area contributed by atoms with Crippen LogP contribution in [0.5, 0.6) is 23.0 Å². The summed E-state index contributed by atoms with van der Waals surface area (Å²) in [7, 11) is -3.36. The van der Waals surface area contributed by atoms with E-state index in [1.807, 2.05) is 0 Å².